The molecule has 4 atom stereocenters. The van der Waals surface area contributed by atoms with E-state index in [1.807, 2.05) is 31.2 Å². The van der Waals surface area contributed by atoms with Crippen LogP contribution in [0.25, 0.3) is 0 Å². The molecule has 2 fully saturated rings. The zero-order valence-electron chi connectivity index (χ0n) is 21.7. The Morgan fingerprint density at radius 3 is 2.92 bits per heavy atom. The van der Waals surface area contributed by atoms with E-state index in [9.17, 15) is 14.4 Å². The maximum atomic E-state index is 13.5. The number of benzene rings is 1. The van der Waals surface area contributed by atoms with Gasteiger partial charge in [0.2, 0.25) is 11.8 Å². The molecule has 1 aromatic heterocycles. The molecule has 39 heavy (non-hydrogen) atoms. The quantitative estimate of drug-likeness (QED) is 0.532. The molecule has 2 aromatic rings. The minimum atomic E-state index is -0.560. The lowest BCUT2D eigenvalue weighted by molar-refractivity contribution is -0.129. The summed E-state index contributed by atoms with van der Waals surface area (Å²) in [7, 11) is 0. The number of aryl methyl sites for hydroxylation is 1. The third kappa shape index (κ3) is 4.85. The average molecular weight is 550 g/mol. The van der Waals surface area contributed by atoms with Crippen LogP contribution in [0.5, 0.6) is 5.75 Å². The molecule has 2 N–H and O–H groups in total. The van der Waals surface area contributed by atoms with E-state index in [1.165, 1.54) is 17.8 Å². The number of aromatic nitrogens is 1. The van der Waals surface area contributed by atoms with Gasteiger partial charge in [-0.25, -0.2) is 9.78 Å². The van der Waals surface area contributed by atoms with Gasteiger partial charge in [-0.05, 0) is 55.7 Å². The Hall–Kier alpha value is -3.57. The molecule has 1 aromatic carbocycles. The van der Waals surface area contributed by atoms with Crippen molar-refractivity contribution in [2.45, 2.75) is 54.6 Å². The molecule has 0 spiro atoms. The van der Waals surface area contributed by atoms with Gasteiger partial charge < -0.3 is 25.0 Å². The Morgan fingerprint density at radius 2 is 2.15 bits per heavy atom. The van der Waals surface area contributed by atoms with Crippen LogP contribution in [0, 0.1) is 6.92 Å². The van der Waals surface area contributed by atoms with Crippen LogP contribution in [0.1, 0.15) is 36.4 Å². The monoisotopic (exact) mass is 549 g/mol. The number of anilines is 2. The predicted octanol–water partition coefficient (Wildman–Crippen LogP) is 3.23. The summed E-state index contributed by atoms with van der Waals surface area (Å²) in [5.41, 5.74) is 3.19. The van der Waals surface area contributed by atoms with Crippen molar-refractivity contribution >= 4 is 41.0 Å². The van der Waals surface area contributed by atoms with Crippen LogP contribution in [0.4, 0.5) is 16.2 Å². The minimum Gasteiger partial charge on any atom is -0.488 e. The molecule has 11 heteroatoms. The fourth-order valence-corrected chi connectivity index (χ4v) is 6.96. The molecule has 0 radical (unpaired) electrons. The number of likely N-dealkylation sites (tertiary alicyclic amines) is 1. The van der Waals surface area contributed by atoms with E-state index in [0.717, 1.165) is 52.5 Å². The van der Waals surface area contributed by atoms with Crippen molar-refractivity contribution in [3.8, 4) is 5.75 Å². The molecule has 2 saturated heterocycles. The van der Waals surface area contributed by atoms with Gasteiger partial charge in [-0.3, -0.25) is 14.5 Å². The van der Waals surface area contributed by atoms with E-state index in [0.29, 0.717) is 26.3 Å². The topological polar surface area (TPSA) is 113 Å². The number of nitrogens with zero attached hydrogens (tertiary/aromatic N) is 3. The third-order valence-electron chi connectivity index (χ3n) is 7.62. The largest absolute Gasteiger partial charge is 0.488 e. The molecule has 10 nitrogen and oxygen atoms in total. The van der Waals surface area contributed by atoms with Gasteiger partial charge in [0, 0.05) is 37.3 Å². The van der Waals surface area contributed by atoms with E-state index in [2.05, 4.69) is 22.2 Å². The molecule has 0 saturated carbocycles. The number of amides is 4. The fraction of sp³-hybridized carbons (Fsp3) is 0.429. The number of ether oxygens (including phenoxy) is 2. The van der Waals surface area contributed by atoms with Gasteiger partial charge in [0.05, 0.1) is 30.6 Å². The first kappa shape index (κ1) is 25.7. The minimum absolute atomic E-state index is 0.0389. The molecule has 0 aliphatic carbocycles. The standard InChI is InChI=1S/C28H31N5O5S/c1-3-22(34)32-11-4-5-17(14-32)30-26(35)25-24-23-21(8-10-29-27(23)39-25)33(28(36)31-24)20-7-6-18(13-16(20)2)38-19-9-12-37-15-19/h3,6-8,10,13,17,19,24-25H,1,4-5,9,11-12,14-15H2,2H3,(H,30,35)(H,31,36)/t17-,19-,24?,25?/m1/s1. The smallest absolute Gasteiger partial charge is 0.327 e. The van der Waals surface area contributed by atoms with Crippen molar-refractivity contribution in [3.05, 3.63) is 54.2 Å². The first-order valence-corrected chi connectivity index (χ1v) is 14.1. The average Bonchev–Trinajstić information content (AvgIpc) is 3.58. The number of hydrogen-bond acceptors (Lipinski definition) is 7. The van der Waals surface area contributed by atoms with Gasteiger partial charge >= 0.3 is 6.03 Å². The van der Waals surface area contributed by atoms with Gasteiger partial charge in [-0.15, -0.1) is 0 Å². The molecule has 5 heterocycles. The zero-order valence-corrected chi connectivity index (χ0v) is 22.5. The summed E-state index contributed by atoms with van der Waals surface area (Å²) in [5, 5.41) is 6.35. The van der Waals surface area contributed by atoms with Gasteiger partial charge in [-0.2, -0.15) is 0 Å². The summed E-state index contributed by atoms with van der Waals surface area (Å²) in [4.78, 5) is 46.9. The summed E-state index contributed by atoms with van der Waals surface area (Å²) in [6.07, 6.45) is 5.47. The molecule has 2 unspecified atom stereocenters. The third-order valence-corrected chi connectivity index (χ3v) is 8.91. The highest BCUT2D eigenvalue weighted by Gasteiger charge is 2.47. The molecule has 6 rings (SSSR count). The summed E-state index contributed by atoms with van der Waals surface area (Å²) in [5.74, 6) is 0.437. The number of carbonyl (C=O) groups excluding carboxylic acids is 3. The van der Waals surface area contributed by atoms with Crippen molar-refractivity contribution in [1.82, 2.24) is 20.5 Å². The van der Waals surface area contributed by atoms with Crippen LogP contribution < -0.4 is 20.3 Å². The van der Waals surface area contributed by atoms with E-state index in [-0.39, 0.29) is 30.0 Å². The molecule has 4 amide bonds. The molecule has 0 bridgehead atoms. The van der Waals surface area contributed by atoms with Crippen LogP contribution in [0.2, 0.25) is 0 Å². The van der Waals surface area contributed by atoms with Crippen molar-refractivity contribution in [2.24, 2.45) is 0 Å². The second kappa shape index (κ2) is 10.5. The van der Waals surface area contributed by atoms with E-state index >= 15 is 0 Å². The molecule has 4 aliphatic rings. The highest BCUT2D eigenvalue weighted by molar-refractivity contribution is 8.01. The summed E-state index contributed by atoms with van der Waals surface area (Å²) >= 11 is 1.36. The van der Waals surface area contributed by atoms with Crippen molar-refractivity contribution in [3.63, 3.8) is 0 Å². The Kier molecular flexibility index (Phi) is 6.94. The molecular formula is C28H31N5O5S. The van der Waals surface area contributed by atoms with Gasteiger partial charge in [0.25, 0.3) is 0 Å². The molecule has 204 valence electrons. The van der Waals surface area contributed by atoms with E-state index in [1.54, 1.807) is 16.0 Å². The van der Waals surface area contributed by atoms with Gasteiger partial charge in [0.15, 0.2) is 0 Å². The summed E-state index contributed by atoms with van der Waals surface area (Å²) < 4.78 is 11.4. The second-order valence-corrected chi connectivity index (χ2v) is 11.4. The van der Waals surface area contributed by atoms with E-state index in [4.69, 9.17) is 9.47 Å². The zero-order chi connectivity index (χ0) is 27.1. The number of hydrogen-bond donors (Lipinski definition) is 2. The normalized spacial score (nSPS) is 25.6. The van der Waals surface area contributed by atoms with Crippen molar-refractivity contribution < 1.29 is 23.9 Å². The van der Waals surface area contributed by atoms with Crippen LogP contribution in [-0.4, -0.2) is 71.4 Å². The van der Waals surface area contributed by atoms with Crippen LogP contribution in [0.3, 0.4) is 0 Å². The Morgan fingerprint density at radius 1 is 1.28 bits per heavy atom. The Balaban J connectivity index is 1.22. The van der Waals surface area contributed by atoms with Crippen LogP contribution >= 0.6 is 11.8 Å². The highest BCUT2D eigenvalue weighted by Crippen LogP contribution is 2.51. The maximum absolute atomic E-state index is 13.5. The highest BCUT2D eigenvalue weighted by atomic mass is 32.2. The SMILES string of the molecule is C=CC(=O)N1CCC[C@@H](NC(=O)C2Sc3nccc4c3C2NC(=O)N4c2ccc(O[C@@H]3CCOC3)cc2C)C1. The number of thioether (sulfide) groups is 1. The molecular weight excluding hydrogens is 518 g/mol. The first-order chi connectivity index (χ1) is 18.9. The maximum Gasteiger partial charge on any atom is 0.327 e. The number of piperidine rings is 1. The lowest BCUT2D eigenvalue weighted by atomic mass is 9.98. The second-order valence-electron chi connectivity index (χ2n) is 10.2. The van der Waals surface area contributed by atoms with Crippen LogP contribution in [0.15, 0.2) is 48.1 Å². The predicted molar refractivity (Wildman–Crippen MR) is 146 cm³/mol. The summed E-state index contributed by atoms with van der Waals surface area (Å²) in [6.45, 7) is 7.90. The number of nitrogens with one attached hydrogen (secondary N) is 2. The number of carbonyl (C=O) groups is 3. The Labute approximate surface area is 231 Å². The van der Waals surface area contributed by atoms with Crippen molar-refractivity contribution in [1.29, 1.82) is 0 Å². The lowest BCUT2D eigenvalue weighted by Crippen LogP contribution is -2.53. The van der Waals surface area contributed by atoms with Crippen molar-refractivity contribution in [2.75, 3.05) is 31.2 Å². The Bertz CT molecular complexity index is 1330. The number of rotatable bonds is 6. The summed E-state index contributed by atoms with van der Waals surface area (Å²) in [6, 6.07) is 6.57. The number of pyridine rings is 1. The number of urea groups is 1. The fourth-order valence-electron chi connectivity index (χ4n) is 5.72. The van der Waals surface area contributed by atoms with Crippen LogP contribution in [-0.2, 0) is 14.3 Å². The van der Waals surface area contributed by atoms with Gasteiger partial charge in [0.1, 0.15) is 22.1 Å². The lowest BCUT2D eigenvalue weighted by Gasteiger charge is -2.36. The molecule has 4 aliphatic heterocycles. The van der Waals surface area contributed by atoms with E-state index < -0.39 is 11.3 Å². The van der Waals surface area contributed by atoms with Gasteiger partial charge in [-0.1, -0.05) is 18.3 Å². The first-order valence-electron chi connectivity index (χ1n) is 13.3.